The predicted octanol–water partition coefficient (Wildman–Crippen LogP) is 3.54. The van der Waals surface area contributed by atoms with Gasteiger partial charge < -0.3 is 10.6 Å². The van der Waals surface area contributed by atoms with E-state index >= 15 is 0 Å². The van der Waals surface area contributed by atoms with Gasteiger partial charge in [-0.25, -0.2) is 4.98 Å². The Bertz CT molecular complexity index is 721. The second-order valence-electron chi connectivity index (χ2n) is 6.25. The smallest absolute Gasteiger partial charge is 0.191 e. The fourth-order valence-electron chi connectivity index (χ4n) is 2.84. The van der Waals surface area contributed by atoms with Crippen molar-refractivity contribution < 1.29 is 0 Å². The van der Waals surface area contributed by atoms with Crippen molar-refractivity contribution in [2.45, 2.75) is 31.6 Å². The molecule has 4 nitrogen and oxygen atoms in total. The van der Waals surface area contributed by atoms with E-state index < -0.39 is 0 Å². The van der Waals surface area contributed by atoms with Crippen LogP contribution in [0.1, 0.15) is 29.1 Å². The lowest BCUT2D eigenvalue weighted by molar-refractivity contribution is 0.645. The van der Waals surface area contributed by atoms with E-state index in [1.165, 1.54) is 18.4 Å². The number of nitrogens with zero attached hydrogens (tertiary/aromatic N) is 2. The SMILES string of the molecule is CN=C(NCCc1csc(C)n1)NCC1(c2cccc(Cl)c2)CC1. The number of aromatic nitrogens is 1. The molecule has 1 saturated carbocycles. The van der Waals surface area contributed by atoms with Crippen LogP contribution in [0, 0.1) is 6.92 Å². The Hall–Kier alpha value is -1.59. The molecule has 1 aromatic heterocycles. The van der Waals surface area contributed by atoms with E-state index in [-0.39, 0.29) is 5.41 Å². The maximum atomic E-state index is 6.14. The topological polar surface area (TPSA) is 49.3 Å². The molecule has 0 aliphatic heterocycles. The van der Waals surface area contributed by atoms with E-state index in [1.54, 1.807) is 18.4 Å². The number of halogens is 1. The zero-order chi connectivity index (χ0) is 17.0. The molecule has 0 spiro atoms. The van der Waals surface area contributed by atoms with Crippen molar-refractivity contribution in [3.8, 4) is 0 Å². The molecule has 3 rings (SSSR count). The number of guanidine groups is 1. The summed E-state index contributed by atoms with van der Waals surface area (Å²) in [6.07, 6.45) is 3.29. The third-order valence-corrected chi connectivity index (χ3v) is 5.51. The van der Waals surface area contributed by atoms with E-state index in [0.29, 0.717) is 0 Å². The van der Waals surface area contributed by atoms with Gasteiger partial charge in [0.1, 0.15) is 0 Å². The van der Waals surface area contributed by atoms with Gasteiger partial charge in [-0.1, -0.05) is 23.7 Å². The number of thiazole rings is 1. The number of rotatable bonds is 6. The number of benzene rings is 1. The first-order valence-electron chi connectivity index (χ1n) is 8.23. The Balaban J connectivity index is 1.49. The second-order valence-corrected chi connectivity index (χ2v) is 7.75. The van der Waals surface area contributed by atoms with Crippen LogP contribution in [0.2, 0.25) is 5.02 Å². The highest BCUT2D eigenvalue weighted by Crippen LogP contribution is 2.48. The van der Waals surface area contributed by atoms with Gasteiger partial charge in [-0.15, -0.1) is 11.3 Å². The molecule has 1 fully saturated rings. The van der Waals surface area contributed by atoms with Gasteiger partial charge in [-0.3, -0.25) is 4.99 Å². The first-order chi connectivity index (χ1) is 11.6. The highest BCUT2D eigenvalue weighted by atomic mass is 35.5. The molecule has 6 heteroatoms. The summed E-state index contributed by atoms with van der Waals surface area (Å²) in [7, 11) is 1.81. The Labute approximate surface area is 152 Å². The van der Waals surface area contributed by atoms with E-state index in [9.17, 15) is 0 Å². The molecule has 1 heterocycles. The fraction of sp³-hybridized carbons (Fsp3) is 0.444. The molecule has 128 valence electrons. The van der Waals surface area contributed by atoms with Crippen LogP contribution in [0.15, 0.2) is 34.6 Å². The third kappa shape index (κ3) is 4.28. The monoisotopic (exact) mass is 362 g/mol. The van der Waals surface area contributed by atoms with Crippen molar-refractivity contribution in [3.63, 3.8) is 0 Å². The minimum atomic E-state index is 0.203. The van der Waals surface area contributed by atoms with Gasteiger partial charge in [-0.2, -0.15) is 0 Å². The molecule has 0 amide bonds. The molecular weight excluding hydrogens is 340 g/mol. The summed E-state index contributed by atoms with van der Waals surface area (Å²) in [6.45, 7) is 3.74. The lowest BCUT2D eigenvalue weighted by Gasteiger charge is -2.19. The summed E-state index contributed by atoms with van der Waals surface area (Å²) in [5.41, 5.74) is 2.66. The molecule has 24 heavy (non-hydrogen) atoms. The quantitative estimate of drug-likeness (QED) is 0.610. The molecule has 0 atom stereocenters. The standard InChI is InChI=1S/C18H23ClN4S/c1-13-23-16(11-24-13)6-9-21-17(20-2)22-12-18(7-8-18)14-4-3-5-15(19)10-14/h3-5,10-11H,6-9,12H2,1-2H3,(H2,20,21,22). The zero-order valence-electron chi connectivity index (χ0n) is 14.1. The summed E-state index contributed by atoms with van der Waals surface area (Å²) in [4.78, 5) is 8.80. The van der Waals surface area contributed by atoms with Gasteiger partial charge in [0.25, 0.3) is 0 Å². The van der Waals surface area contributed by atoms with Crippen LogP contribution >= 0.6 is 22.9 Å². The fourth-order valence-corrected chi connectivity index (χ4v) is 3.68. The van der Waals surface area contributed by atoms with Crippen LogP contribution in [0.25, 0.3) is 0 Å². The Kier molecular flexibility index (Phi) is 5.41. The third-order valence-electron chi connectivity index (χ3n) is 4.45. The van der Waals surface area contributed by atoms with Crippen molar-refractivity contribution in [2.75, 3.05) is 20.1 Å². The number of hydrogen-bond acceptors (Lipinski definition) is 3. The van der Waals surface area contributed by atoms with Crippen LogP contribution in [0.5, 0.6) is 0 Å². The van der Waals surface area contributed by atoms with Crippen molar-refractivity contribution in [1.29, 1.82) is 0 Å². The van der Waals surface area contributed by atoms with Crippen LogP contribution in [-0.4, -0.2) is 31.1 Å². The van der Waals surface area contributed by atoms with E-state index in [1.807, 2.05) is 19.1 Å². The minimum absolute atomic E-state index is 0.203. The summed E-state index contributed by atoms with van der Waals surface area (Å²) in [5, 5.41) is 10.9. The largest absolute Gasteiger partial charge is 0.356 e. The highest BCUT2D eigenvalue weighted by Gasteiger charge is 2.44. The van der Waals surface area contributed by atoms with Crippen molar-refractivity contribution in [3.05, 3.63) is 50.9 Å². The first kappa shape index (κ1) is 17.2. The number of nitrogens with one attached hydrogen (secondary N) is 2. The predicted molar refractivity (Wildman–Crippen MR) is 102 cm³/mol. The van der Waals surface area contributed by atoms with Crippen molar-refractivity contribution in [1.82, 2.24) is 15.6 Å². The van der Waals surface area contributed by atoms with Gasteiger partial charge in [0.15, 0.2) is 5.96 Å². The van der Waals surface area contributed by atoms with E-state index in [0.717, 1.165) is 41.2 Å². The van der Waals surface area contributed by atoms with E-state index in [2.05, 4.69) is 38.1 Å². The second kappa shape index (κ2) is 7.53. The lowest BCUT2D eigenvalue weighted by Crippen LogP contribution is -2.42. The molecule has 2 N–H and O–H groups in total. The minimum Gasteiger partial charge on any atom is -0.356 e. The van der Waals surface area contributed by atoms with Gasteiger partial charge in [0.2, 0.25) is 0 Å². The summed E-state index contributed by atoms with van der Waals surface area (Å²) in [6, 6.07) is 8.20. The molecule has 0 unspecified atom stereocenters. The average molecular weight is 363 g/mol. The molecule has 2 aromatic rings. The maximum Gasteiger partial charge on any atom is 0.191 e. The van der Waals surface area contributed by atoms with Gasteiger partial charge >= 0.3 is 0 Å². The lowest BCUT2D eigenvalue weighted by atomic mass is 9.96. The summed E-state index contributed by atoms with van der Waals surface area (Å²) < 4.78 is 0. The Morgan fingerprint density at radius 3 is 2.83 bits per heavy atom. The van der Waals surface area contributed by atoms with Crippen LogP contribution < -0.4 is 10.6 Å². The van der Waals surface area contributed by atoms with Gasteiger partial charge in [0, 0.05) is 42.4 Å². The number of hydrogen-bond donors (Lipinski definition) is 2. The highest BCUT2D eigenvalue weighted by molar-refractivity contribution is 7.09. The Morgan fingerprint density at radius 1 is 1.38 bits per heavy atom. The maximum absolute atomic E-state index is 6.14. The number of aryl methyl sites for hydroxylation is 1. The van der Waals surface area contributed by atoms with Crippen LogP contribution in [0.3, 0.4) is 0 Å². The van der Waals surface area contributed by atoms with Crippen LogP contribution in [-0.2, 0) is 11.8 Å². The molecular formula is C18H23ClN4S. The summed E-state index contributed by atoms with van der Waals surface area (Å²) in [5.74, 6) is 0.843. The Morgan fingerprint density at radius 2 is 2.21 bits per heavy atom. The molecule has 0 bridgehead atoms. The zero-order valence-corrected chi connectivity index (χ0v) is 15.7. The molecule has 1 aliphatic rings. The molecule has 1 aliphatic carbocycles. The first-order valence-corrected chi connectivity index (χ1v) is 9.49. The number of aliphatic imine (C=N–C) groups is 1. The van der Waals surface area contributed by atoms with Crippen molar-refractivity contribution in [2.24, 2.45) is 4.99 Å². The van der Waals surface area contributed by atoms with Gasteiger partial charge in [-0.05, 0) is 37.5 Å². The molecule has 1 aromatic carbocycles. The van der Waals surface area contributed by atoms with E-state index in [4.69, 9.17) is 11.6 Å². The van der Waals surface area contributed by atoms with Crippen molar-refractivity contribution >= 4 is 28.9 Å². The molecule has 0 saturated heterocycles. The van der Waals surface area contributed by atoms with Gasteiger partial charge in [0.05, 0.1) is 10.7 Å². The normalized spacial score (nSPS) is 16.0. The van der Waals surface area contributed by atoms with Crippen LogP contribution in [0.4, 0.5) is 0 Å². The molecule has 0 radical (unpaired) electrons. The average Bonchev–Trinajstić information content (AvgIpc) is 3.26. The summed E-state index contributed by atoms with van der Waals surface area (Å²) >= 11 is 7.83.